The van der Waals surface area contributed by atoms with Gasteiger partial charge < -0.3 is 10.1 Å². The van der Waals surface area contributed by atoms with E-state index in [-0.39, 0.29) is 17.8 Å². The van der Waals surface area contributed by atoms with E-state index in [9.17, 15) is 13.4 Å². The number of halogens is 1. The number of carbonyl (C=O) groups excluding carboxylic acids is 1. The summed E-state index contributed by atoms with van der Waals surface area (Å²) in [6.45, 7) is 2.53. The molecule has 134 valence electrons. The molecule has 2 heterocycles. The molecule has 0 spiro atoms. The molecule has 0 aromatic heterocycles. The quantitative estimate of drug-likeness (QED) is 0.812. The van der Waals surface area contributed by atoms with Crippen LogP contribution in [0, 0.1) is 5.82 Å². The Hall–Kier alpha value is -1.80. The Bertz CT molecular complexity index is 753. The van der Waals surface area contributed by atoms with E-state index >= 15 is 0 Å². The van der Waals surface area contributed by atoms with Crippen molar-refractivity contribution in [3.63, 3.8) is 0 Å². The van der Waals surface area contributed by atoms with Crippen LogP contribution < -0.4 is 10.2 Å². The molecule has 5 nitrogen and oxygen atoms in total. The Labute approximate surface area is 153 Å². The van der Waals surface area contributed by atoms with Gasteiger partial charge in [0, 0.05) is 22.5 Å². The predicted molar refractivity (Wildman–Crippen MR) is 99.8 cm³/mol. The fourth-order valence-electron chi connectivity index (χ4n) is 2.93. The number of allylic oxidation sites excluding steroid dienone is 1. The lowest BCUT2D eigenvalue weighted by atomic mass is 9.95. The van der Waals surface area contributed by atoms with Gasteiger partial charge in [-0.05, 0) is 36.4 Å². The first-order valence-corrected chi connectivity index (χ1v) is 9.80. The second-order valence-corrected chi connectivity index (χ2v) is 8.12. The number of anilines is 1. The maximum Gasteiger partial charge on any atom is 0.414 e. The van der Waals surface area contributed by atoms with E-state index in [1.54, 1.807) is 30.5 Å². The summed E-state index contributed by atoms with van der Waals surface area (Å²) in [5, 5.41) is 4.59. The molecule has 3 unspecified atom stereocenters. The summed E-state index contributed by atoms with van der Waals surface area (Å²) in [7, 11) is -0.949. The van der Waals surface area contributed by atoms with Crippen LogP contribution in [0.25, 0.3) is 0 Å². The highest BCUT2D eigenvalue weighted by atomic mass is 32.2. The molecular weight excluding hydrogens is 363 g/mol. The molecule has 0 saturated carbocycles. The second-order valence-electron chi connectivity index (χ2n) is 6.07. The van der Waals surface area contributed by atoms with Crippen molar-refractivity contribution in [1.29, 1.82) is 0 Å². The number of benzene rings is 1. The fraction of sp³-hybridized carbons (Fsp3) is 0.412. The Morgan fingerprint density at radius 1 is 1.52 bits per heavy atom. The minimum absolute atomic E-state index is 0.0835. The third kappa shape index (κ3) is 4.24. The number of rotatable bonds is 4. The Balaban J connectivity index is 1.72. The number of hydrogen-bond donors (Lipinski definition) is 1. The zero-order valence-corrected chi connectivity index (χ0v) is 15.4. The maximum absolute atomic E-state index is 14.5. The van der Waals surface area contributed by atoms with Gasteiger partial charge in [0.15, 0.2) is 0 Å². The van der Waals surface area contributed by atoms with Gasteiger partial charge >= 0.3 is 6.09 Å². The Morgan fingerprint density at radius 2 is 2.32 bits per heavy atom. The smallest absolute Gasteiger partial charge is 0.414 e. The van der Waals surface area contributed by atoms with Crippen molar-refractivity contribution in [3.05, 3.63) is 41.1 Å². The van der Waals surface area contributed by atoms with Gasteiger partial charge in [-0.2, -0.15) is 0 Å². The molecule has 0 radical (unpaired) electrons. The molecule has 2 aliphatic heterocycles. The molecular formula is C17H19FN2O3S2. The summed E-state index contributed by atoms with van der Waals surface area (Å²) in [5.74, 6) is 0.0816. The van der Waals surface area contributed by atoms with E-state index in [1.165, 1.54) is 11.0 Å². The lowest BCUT2D eigenvalue weighted by molar-refractivity contribution is 0.143. The summed E-state index contributed by atoms with van der Waals surface area (Å²) in [4.78, 5) is 14.1. The van der Waals surface area contributed by atoms with Crippen molar-refractivity contribution in [2.75, 3.05) is 23.7 Å². The van der Waals surface area contributed by atoms with Gasteiger partial charge in [0.1, 0.15) is 11.9 Å². The van der Waals surface area contributed by atoms with E-state index in [2.05, 4.69) is 5.32 Å². The molecule has 1 aromatic carbocycles. The number of carbonyl (C=O) groups is 1. The molecule has 25 heavy (non-hydrogen) atoms. The third-order valence-corrected chi connectivity index (χ3v) is 5.48. The van der Waals surface area contributed by atoms with Gasteiger partial charge in [0.05, 0.1) is 23.8 Å². The van der Waals surface area contributed by atoms with E-state index in [0.29, 0.717) is 41.5 Å². The van der Waals surface area contributed by atoms with Crippen molar-refractivity contribution < 1.29 is 18.1 Å². The topological polar surface area (TPSA) is 58.6 Å². The van der Waals surface area contributed by atoms with Crippen LogP contribution in [0.1, 0.15) is 24.8 Å². The first-order chi connectivity index (χ1) is 11.9. The molecule has 0 aliphatic carbocycles. The second kappa shape index (κ2) is 7.61. The van der Waals surface area contributed by atoms with Crippen LogP contribution in [0.2, 0.25) is 0 Å². The number of cyclic esters (lactones) is 1. The highest BCUT2D eigenvalue weighted by Crippen LogP contribution is 2.31. The lowest BCUT2D eigenvalue weighted by Crippen LogP contribution is -2.32. The van der Waals surface area contributed by atoms with Crippen LogP contribution in [0.15, 0.2) is 29.7 Å². The normalized spacial score (nSPS) is 25.8. The van der Waals surface area contributed by atoms with Crippen LogP contribution >= 0.6 is 12.2 Å². The zero-order valence-electron chi connectivity index (χ0n) is 13.7. The minimum Gasteiger partial charge on any atom is -0.442 e. The average Bonchev–Trinajstić information content (AvgIpc) is 2.95. The van der Waals surface area contributed by atoms with Crippen LogP contribution in [-0.2, 0) is 15.5 Å². The summed E-state index contributed by atoms with van der Waals surface area (Å²) in [6, 6.07) is 4.77. The SMILES string of the molecule is CC(=S)NCC1CN(c2ccc(C3C=CS(=O)CC3)c(F)c2)C(=O)O1. The molecule has 1 fully saturated rings. The fourth-order valence-corrected chi connectivity index (χ4v) is 4.00. The largest absolute Gasteiger partial charge is 0.442 e. The highest BCUT2D eigenvalue weighted by Gasteiger charge is 2.32. The van der Waals surface area contributed by atoms with Gasteiger partial charge in [-0.1, -0.05) is 24.4 Å². The summed E-state index contributed by atoms with van der Waals surface area (Å²) in [6.07, 6.45) is 1.62. The summed E-state index contributed by atoms with van der Waals surface area (Å²) in [5.41, 5.74) is 1.02. The number of nitrogens with zero attached hydrogens (tertiary/aromatic N) is 1. The van der Waals surface area contributed by atoms with Crippen molar-refractivity contribution in [1.82, 2.24) is 5.32 Å². The average molecular weight is 382 g/mol. The van der Waals surface area contributed by atoms with Gasteiger partial charge in [-0.15, -0.1) is 0 Å². The maximum atomic E-state index is 14.5. The Kier molecular flexibility index (Phi) is 5.48. The number of thiocarbonyl (C=S) groups is 1. The van der Waals surface area contributed by atoms with Crippen molar-refractivity contribution in [2.45, 2.75) is 25.4 Å². The van der Waals surface area contributed by atoms with Crippen molar-refractivity contribution >= 4 is 39.8 Å². The molecule has 8 heteroatoms. The van der Waals surface area contributed by atoms with Gasteiger partial charge in [-0.25, -0.2) is 9.18 Å². The van der Waals surface area contributed by atoms with E-state index in [4.69, 9.17) is 17.0 Å². The van der Waals surface area contributed by atoms with Crippen molar-refractivity contribution in [3.8, 4) is 0 Å². The number of ether oxygens (including phenoxy) is 1. The van der Waals surface area contributed by atoms with Crippen LogP contribution in [-0.4, -0.2) is 40.2 Å². The number of hydrogen-bond acceptors (Lipinski definition) is 4. The predicted octanol–water partition coefficient (Wildman–Crippen LogP) is 2.84. The molecule has 3 rings (SSSR count). The van der Waals surface area contributed by atoms with Gasteiger partial charge in [0.2, 0.25) is 0 Å². The molecule has 1 saturated heterocycles. The molecule has 1 N–H and O–H groups in total. The molecule has 3 atom stereocenters. The van der Waals surface area contributed by atoms with Crippen LogP contribution in [0.3, 0.4) is 0 Å². The molecule has 0 bridgehead atoms. The van der Waals surface area contributed by atoms with Crippen LogP contribution in [0.5, 0.6) is 0 Å². The lowest BCUT2D eigenvalue weighted by Gasteiger charge is -2.19. The van der Waals surface area contributed by atoms with Gasteiger partial charge in [0.25, 0.3) is 0 Å². The molecule has 1 amide bonds. The van der Waals surface area contributed by atoms with Gasteiger partial charge in [-0.3, -0.25) is 9.11 Å². The summed E-state index contributed by atoms with van der Waals surface area (Å²) >= 11 is 4.94. The molecule has 1 aromatic rings. The standard InChI is InChI=1S/C17H19FN2O3S2/c1-11(24)19-9-14-10-20(17(21)23-14)13-2-3-15(16(18)8-13)12-4-6-25(22)7-5-12/h2-4,6,8,12,14H,5,7,9-10H2,1H3,(H,19,24). The third-order valence-electron chi connectivity index (χ3n) is 4.24. The Morgan fingerprint density at radius 3 is 2.96 bits per heavy atom. The molecule has 2 aliphatic rings. The summed E-state index contributed by atoms with van der Waals surface area (Å²) < 4.78 is 31.2. The number of nitrogens with one attached hydrogen (secondary N) is 1. The highest BCUT2D eigenvalue weighted by molar-refractivity contribution is 7.88. The van der Waals surface area contributed by atoms with E-state index < -0.39 is 16.9 Å². The van der Waals surface area contributed by atoms with E-state index in [0.717, 1.165) is 0 Å². The van der Waals surface area contributed by atoms with Crippen LogP contribution in [0.4, 0.5) is 14.9 Å². The van der Waals surface area contributed by atoms with Crippen molar-refractivity contribution in [2.24, 2.45) is 0 Å². The first kappa shape index (κ1) is 18.0. The zero-order chi connectivity index (χ0) is 18.0. The number of amides is 1. The first-order valence-electron chi connectivity index (χ1n) is 8.01. The monoisotopic (exact) mass is 382 g/mol. The minimum atomic E-state index is -0.949. The van der Waals surface area contributed by atoms with E-state index in [1.807, 2.05) is 0 Å².